The largest absolute Gasteiger partial charge is 0.432 e. The molecule has 0 aliphatic carbocycles. The van der Waals surface area contributed by atoms with Crippen molar-refractivity contribution in [1.82, 2.24) is 9.97 Å². The number of alkyl halides is 2. The lowest BCUT2D eigenvalue weighted by atomic mass is 10.1. The summed E-state index contributed by atoms with van der Waals surface area (Å²) in [6, 6.07) is 0. The maximum atomic E-state index is 13.7. The van der Waals surface area contributed by atoms with Crippen molar-refractivity contribution in [3.63, 3.8) is 0 Å². The number of imidazole rings is 1. The van der Waals surface area contributed by atoms with Gasteiger partial charge in [-0.1, -0.05) is 27.6 Å². The average molecular weight is 357 g/mol. The van der Waals surface area contributed by atoms with Gasteiger partial charge in [-0.15, -0.1) is 0 Å². The van der Waals surface area contributed by atoms with Gasteiger partial charge in [0.1, 0.15) is 24.1 Å². The molecule has 1 saturated heterocycles. The Bertz CT molecular complexity index is 429. The third-order valence-electron chi connectivity index (χ3n) is 2.53. The first-order valence-electron chi connectivity index (χ1n) is 4.77. The van der Waals surface area contributed by atoms with E-state index >= 15 is 0 Å². The summed E-state index contributed by atoms with van der Waals surface area (Å²) in [5, 5.41) is 20.0. The third kappa shape index (κ3) is 2.26. The molecule has 4 atom stereocenters. The highest BCUT2D eigenvalue weighted by Gasteiger charge is 2.46. The second-order valence-corrected chi connectivity index (χ2v) is 4.48. The van der Waals surface area contributed by atoms with Crippen molar-refractivity contribution in [2.24, 2.45) is 0 Å². The molecule has 94 valence electrons. The minimum absolute atomic E-state index is 0.163. The molecule has 1 aliphatic heterocycles. The highest BCUT2D eigenvalue weighted by Crippen LogP contribution is 2.35. The first-order valence-corrected chi connectivity index (χ1v) is 6.30. The van der Waals surface area contributed by atoms with Crippen LogP contribution in [0.25, 0.3) is 0 Å². The van der Waals surface area contributed by atoms with Gasteiger partial charge >= 0.3 is 5.95 Å². The fourth-order valence-corrected chi connectivity index (χ4v) is 2.39. The topological polar surface area (TPSA) is 101 Å². The minimum atomic E-state index is -1.62. The van der Waals surface area contributed by atoms with Crippen molar-refractivity contribution >= 4 is 28.5 Å². The quantitative estimate of drug-likeness (QED) is 0.362. The van der Waals surface area contributed by atoms with Gasteiger partial charge in [0.25, 0.3) is 0 Å². The van der Waals surface area contributed by atoms with Crippen LogP contribution in [0.2, 0.25) is 0 Å². The van der Waals surface area contributed by atoms with Gasteiger partial charge in [-0.05, 0) is 4.92 Å². The van der Waals surface area contributed by atoms with Crippen LogP contribution >= 0.6 is 22.6 Å². The van der Waals surface area contributed by atoms with E-state index in [4.69, 9.17) is 4.74 Å². The number of halogens is 2. The molecular weight excluding hydrogens is 348 g/mol. The molecular formula is C8H9FIN3O4. The fourth-order valence-electron chi connectivity index (χ4n) is 1.66. The van der Waals surface area contributed by atoms with Crippen LogP contribution in [0.5, 0.6) is 0 Å². The number of aromatic nitrogens is 2. The van der Waals surface area contributed by atoms with Crippen LogP contribution in [0, 0.1) is 10.1 Å². The van der Waals surface area contributed by atoms with E-state index in [-0.39, 0.29) is 5.69 Å². The smallest absolute Gasteiger partial charge is 0.390 e. The van der Waals surface area contributed by atoms with Gasteiger partial charge in [0.15, 0.2) is 6.17 Å². The van der Waals surface area contributed by atoms with Gasteiger partial charge in [0, 0.05) is 4.43 Å². The van der Waals surface area contributed by atoms with E-state index in [0.29, 0.717) is 4.43 Å². The van der Waals surface area contributed by atoms with E-state index in [2.05, 4.69) is 9.97 Å². The summed E-state index contributed by atoms with van der Waals surface area (Å²) in [5.74, 6) is -0.469. The third-order valence-corrected chi connectivity index (χ3v) is 3.40. The average Bonchev–Trinajstić information content (AvgIpc) is 2.87. The molecule has 1 fully saturated rings. The Labute approximate surface area is 109 Å². The molecule has 2 N–H and O–H groups in total. The summed E-state index contributed by atoms with van der Waals surface area (Å²) in [4.78, 5) is 15.6. The molecule has 9 heteroatoms. The summed E-state index contributed by atoms with van der Waals surface area (Å²) >= 11 is 1.97. The Balaban J connectivity index is 2.19. The van der Waals surface area contributed by atoms with Crippen LogP contribution in [0.3, 0.4) is 0 Å². The number of aliphatic hydroxyl groups is 1. The maximum absolute atomic E-state index is 13.7. The Morgan fingerprint density at radius 1 is 1.76 bits per heavy atom. The van der Waals surface area contributed by atoms with E-state index in [0.717, 1.165) is 6.20 Å². The lowest BCUT2D eigenvalue weighted by molar-refractivity contribution is -0.393. The fraction of sp³-hybridized carbons (Fsp3) is 0.625. The summed E-state index contributed by atoms with van der Waals surface area (Å²) in [5.41, 5.74) is 0.163. The zero-order chi connectivity index (χ0) is 12.6. The van der Waals surface area contributed by atoms with Gasteiger partial charge in [-0.3, -0.25) is 0 Å². The maximum Gasteiger partial charge on any atom is 0.432 e. The lowest BCUT2D eigenvalue weighted by Gasteiger charge is -2.08. The van der Waals surface area contributed by atoms with Crippen LogP contribution in [0.15, 0.2) is 6.20 Å². The number of nitro groups is 1. The highest BCUT2D eigenvalue weighted by molar-refractivity contribution is 14.1. The number of nitrogens with zero attached hydrogens (tertiary/aromatic N) is 2. The molecule has 7 nitrogen and oxygen atoms in total. The normalized spacial score (nSPS) is 32.9. The standard InChI is InChI=1S/C8H9FIN3O4/c9-5-6(14)4(1-10)17-7(5)3-2-11-8(12-3)13(15)16/h2,4-7,14H,1H2,(H,11,12)/t4-,5-,6-,7+/m1/s1. The minimum Gasteiger partial charge on any atom is -0.390 e. The number of aromatic amines is 1. The molecule has 1 aliphatic rings. The van der Waals surface area contributed by atoms with Gasteiger partial charge in [-0.2, -0.15) is 0 Å². The van der Waals surface area contributed by atoms with Crippen LogP contribution in [0.4, 0.5) is 10.3 Å². The number of ether oxygens (including phenoxy) is 1. The molecule has 0 spiro atoms. The molecule has 17 heavy (non-hydrogen) atoms. The van der Waals surface area contributed by atoms with Crippen molar-refractivity contribution in [3.05, 3.63) is 22.0 Å². The number of H-pyrrole nitrogens is 1. The summed E-state index contributed by atoms with van der Waals surface area (Å²) in [7, 11) is 0. The number of rotatable bonds is 3. The second kappa shape index (κ2) is 4.82. The van der Waals surface area contributed by atoms with Crippen LogP contribution < -0.4 is 0 Å². The monoisotopic (exact) mass is 357 g/mol. The molecule has 2 rings (SSSR count). The van der Waals surface area contributed by atoms with Crippen molar-refractivity contribution in [2.75, 3.05) is 4.43 Å². The number of hydrogen-bond acceptors (Lipinski definition) is 5. The summed E-state index contributed by atoms with van der Waals surface area (Å²) in [6.07, 6.45) is -3.34. The van der Waals surface area contributed by atoms with E-state index in [1.165, 1.54) is 0 Å². The van der Waals surface area contributed by atoms with Crippen molar-refractivity contribution in [3.8, 4) is 0 Å². The van der Waals surface area contributed by atoms with Gasteiger partial charge in [0.05, 0.1) is 6.10 Å². The van der Waals surface area contributed by atoms with Crippen molar-refractivity contribution < 1.29 is 19.2 Å². The molecule has 0 unspecified atom stereocenters. The van der Waals surface area contributed by atoms with Gasteiger partial charge in [-0.25, -0.2) is 9.37 Å². The number of hydrogen-bond donors (Lipinski definition) is 2. The first kappa shape index (κ1) is 12.6. The van der Waals surface area contributed by atoms with Crippen molar-refractivity contribution in [2.45, 2.75) is 24.5 Å². The molecule has 2 heterocycles. The zero-order valence-electron chi connectivity index (χ0n) is 8.42. The Kier molecular flexibility index (Phi) is 3.58. The lowest BCUT2D eigenvalue weighted by Crippen LogP contribution is -2.28. The molecule has 0 aromatic carbocycles. The molecule has 1 aromatic rings. The van der Waals surface area contributed by atoms with E-state index in [9.17, 15) is 19.6 Å². The molecule has 1 aromatic heterocycles. The Morgan fingerprint density at radius 3 is 2.94 bits per heavy atom. The second-order valence-electron chi connectivity index (χ2n) is 3.60. The SMILES string of the molecule is O=[N+]([O-])c1ncc([C@@H]2O[C@H](CI)[C@@H](O)[C@H]2F)[nH]1. The predicted molar refractivity (Wildman–Crippen MR) is 62.6 cm³/mol. The Hall–Kier alpha value is -0.810. The van der Waals surface area contributed by atoms with Gasteiger partial charge < -0.3 is 20.0 Å². The molecule has 0 bridgehead atoms. The van der Waals surface area contributed by atoms with E-state index in [1.54, 1.807) is 0 Å². The Morgan fingerprint density at radius 2 is 2.47 bits per heavy atom. The predicted octanol–water partition coefficient (Wildman–Crippen LogP) is 0.892. The van der Waals surface area contributed by atoms with Gasteiger partial charge in [0.2, 0.25) is 0 Å². The first-order chi connectivity index (χ1) is 8.04. The van der Waals surface area contributed by atoms with Crippen LogP contribution in [0.1, 0.15) is 11.8 Å². The van der Waals surface area contributed by atoms with Crippen LogP contribution in [-0.4, -0.2) is 42.8 Å². The van der Waals surface area contributed by atoms with E-state index < -0.39 is 35.4 Å². The molecule has 0 radical (unpaired) electrons. The van der Waals surface area contributed by atoms with Crippen LogP contribution in [-0.2, 0) is 4.74 Å². The number of nitrogens with one attached hydrogen (secondary N) is 1. The van der Waals surface area contributed by atoms with Crippen molar-refractivity contribution in [1.29, 1.82) is 0 Å². The summed E-state index contributed by atoms with van der Waals surface area (Å²) < 4.78 is 19.4. The molecule has 0 amide bonds. The summed E-state index contributed by atoms with van der Waals surface area (Å²) in [6.45, 7) is 0. The number of aliphatic hydroxyl groups excluding tert-OH is 1. The zero-order valence-corrected chi connectivity index (χ0v) is 10.6. The highest BCUT2D eigenvalue weighted by atomic mass is 127. The molecule has 0 saturated carbocycles. The van der Waals surface area contributed by atoms with E-state index in [1.807, 2.05) is 22.6 Å².